The van der Waals surface area contributed by atoms with Gasteiger partial charge >= 0.3 is 5.69 Å². The third-order valence-electron chi connectivity index (χ3n) is 2.73. The summed E-state index contributed by atoms with van der Waals surface area (Å²) in [6.45, 7) is 0.988. The van der Waals surface area contributed by atoms with E-state index in [0.29, 0.717) is 19.6 Å². The van der Waals surface area contributed by atoms with Crippen molar-refractivity contribution in [1.82, 2.24) is 5.32 Å². The van der Waals surface area contributed by atoms with Gasteiger partial charge in [0.1, 0.15) is 0 Å². The van der Waals surface area contributed by atoms with Crippen molar-refractivity contribution in [2.75, 3.05) is 27.4 Å². The summed E-state index contributed by atoms with van der Waals surface area (Å²) < 4.78 is 9.85. The first kappa shape index (κ1) is 17.4. The molecular formula is C13H17BrN2O5. The Kier molecular flexibility index (Phi) is 7.10. The lowest BCUT2D eigenvalue weighted by atomic mass is 10.1. The molecule has 1 N–H and O–H groups in total. The minimum absolute atomic E-state index is 0.122. The zero-order valence-corrected chi connectivity index (χ0v) is 13.4. The molecule has 1 amide bonds. The summed E-state index contributed by atoms with van der Waals surface area (Å²) in [7, 11) is 2.94. The maximum absolute atomic E-state index is 11.9. The minimum atomic E-state index is -0.581. The van der Waals surface area contributed by atoms with Crippen LogP contribution in [0.15, 0.2) is 18.2 Å². The molecule has 0 fully saturated rings. The number of nitrogens with zero attached hydrogens (tertiary/aromatic N) is 1. The number of methoxy groups -OCH3 is 2. The molecule has 1 aromatic carbocycles. The smallest absolute Gasteiger partial charge is 0.311 e. The molecule has 7 nitrogen and oxygen atoms in total. The molecule has 0 spiro atoms. The Bertz CT molecular complexity index is 509. The molecule has 116 valence electrons. The summed E-state index contributed by atoms with van der Waals surface area (Å²) in [5.41, 5.74) is -0.0109. The molecule has 1 atom stereocenters. The predicted octanol–water partition coefficient (Wildman–Crippen LogP) is 2.13. The number of halogens is 1. The van der Waals surface area contributed by atoms with E-state index in [0.717, 1.165) is 0 Å². The number of benzene rings is 1. The highest BCUT2D eigenvalue weighted by atomic mass is 79.9. The fourth-order valence-corrected chi connectivity index (χ4v) is 2.18. The normalized spacial score (nSPS) is 11.8. The zero-order chi connectivity index (χ0) is 15.8. The van der Waals surface area contributed by atoms with Crippen LogP contribution in [0.1, 0.15) is 16.8 Å². The average Bonchev–Trinajstić information content (AvgIpc) is 2.46. The predicted molar refractivity (Wildman–Crippen MR) is 81.2 cm³/mol. The third-order valence-corrected chi connectivity index (χ3v) is 3.45. The molecular weight excluding hydrogens is 344 g/mol. The van der Waals surface area contributed by atoms with Crippen molar-refractivity contribution in [3.8, 4) is 5.75 Å². The summed E-state index contributed by atoms with van der Waals surface area (Å²) in [5, 5.41) is 13.6. The molecule has 0 saturated carbocycles. The van der Waals surface area contributed by atoms with Crippen LogP contribution in [0.5, 0.6) is 5.75 Å². The number of nitrogens with one attached hydrogen (secondary N) is 1. The average molecular weight is 361 g/mol. The summed E-state index contributed by atoms with van der Waals surface area (Å²) in [5.74, 6) is -0.241. The van der Waals surface area contributed by atoms with Crippen molar-refractivity contribution < 1.29 is 19.2 Å². The van der Waals surface area contributed by atoms with Gasteiger partial charge in [-0.25, -0.2) is 0 Å². The number of rotatable bonds is 8. The van der Waals surface area contributed by atoms with E-state index in [9.17, 15) is 14.9 Å². The van der Waals surface area contributed by atoms with Crippen LogP contribution in [0.25, 0.3) is 0 Å². The van der Waals surface area contributed by atoms with Crippen LogP contribution in [0.3, 0.4) is 0 Å². The van der Waals surface area contributed by atoms with Crippen molar-refractivity contribution >= 4 is 27.5 Å². The van der Waals surface area contributed by atoms with E-state index in [4.69, 9.17) is 9.47 Å². The standard InChI is InChI=1S/C13H17BrN2O5/c1-20-8-10(14)5-6-15-13(17)9-3-4-12(21-2)11(7-9)16(18)19/h3-4,7,10H,5-6,8H2,1-2H3,(H,15,17). The van der Waals surface area contributed by atoms with Gasteiger partial charge < -0.3 is 14.8 Å². The largest absolute Gasteiger partial charge is 0.490 e. The van der Waals surface area contributed by atoms with E-state index in [1.165, 1.54) is 25.3 Å². The van der Waals surface area contributed by atoms with Crippen LogP contribution in [-0.2, 0) is 4.74 Å². The van der Waals surface area contributed by atoms with Crippen molar-refractivity contribution in [3.05, 3.63) is 33.9 Å². The van der Waals surface area contributed by atoms with Gasteiger partial charge in [0.25, 0.3) is 5.91 Å². The fourth-order valence-electron chi connectivity index (χ4n) is 1.68. The molecule has 0 aliphatic heterocycles. The van der Waals surface area contributed by atoms with E-state index in [1.54, 1.807) is 7.11 Å². The summed E-state index contributed by atoms with van der Waals surface area (Å²) in [6, 6.07) is 4.10. The highest BCUT2D eigenvalue weighted by molar-refractivity contribution is 9.09. The van der Waals surface area contributed by atoms with Gasteiger partial charge in [0.05, 0.1) is 18.6 Å². The number of nitro benzene ring substituents is 1. The number of hydrogen-bond acceptors (Lipinski definition) is 5. The fraction of sp³-hybridized carbons (Fsp3) is 0.462. The molecule has 0 bridgehead atoms. The lowest BCUT2D eigenvalue weighted by molar-refractivity contribution is -0.385. The number of carbonyl (C=O) groups is 1. The topological polar surface area (TPSA) is 90.7 Å². The van der Waals surface area contributed by atoms with E-state index < -0.39 is 4.92 Å². The second-order valence-corrected chi connectivity index (χ2v) is 5.54. The van der Waals surface area contributed by atoms with Gasteiger partial charge in [-0.05, 0) is 18.6 Å². The molecule has 0 saturated heterocycles. The number of alkyl halides is 1. The van der Waals surface area contributed by atoms with Gasteiger partial charge in [0.2, 0.25) is 0 Å². The molecule has 0 aliphatic rings. The Morgan fingerprint density at radius 1 is 1.48 bits per heavy atom. The molecule has 0 radical (unpaired) electrons. The third kappa shape index (κ3) is 5.31. The van der Waals surface area contributed by atoms with Crippen molar-refractivity contribution in [2.24, 2.45) is 0 Å². The first-order valence-corrected chi connectivity index (χ1v) is 7.14. The van der Waals surface area contributed by atoms with Gasteiger partial charge in [-0.1, -0.05) is 15.9 Å². The Balaban J connectivity index is 2.66. The van der Waals surface area contributed by atoms with Crippen molar-refractivity contribution in [3.63, 3.8) is 0 Å². The van der Waals surface area contributed by atoms with Crippen LogP contribution in [0, 0.1) is 10.1 Å². The Labute approximate surface area is 130 Å². The molecule has 21 heavy (non-hydrogen) atoms. The maximum atomic E-state index is 11.9. The van der Waals surface area contributed by atoms with Crippen molar-refractivity contribution in [2.45, 2.75) is 11.2 Å². The zero-order valence-electron chi connectivity index (χ0n) is 11.8. The first-order chi connectivity index (χ1) is 9.99. The monoisotopic (exact) mass is 360 g/mol. The Hall–Kier alpha value is -1.67. The second-order valence-electron chi connectivity index (χ2n) is 4.24. The van der Waals surface area contributed by atoms with Crippen molar-refractivity contribution in [1.29, 1.82) is 0 Å². The Morgan fingerprint density at radius 2 is 2.19 bits per heavy atom. The van der Waals surface area contributed by atoms with E-state index in [1.807, 2.05) is 0 Å². The molecule has 0 aliphatic carbocycles. The van der Waals surface area contributed by atoms with Crippen LogP contribution in [-0.4, -0.2) is 43.0 Å². The Morgan fingerprint density at radius 3 is 2.76 bits per heavy atom. The van der Waals surface area contributed by atoms with E-state index in [-0.39, 0.29) is 27.7 Å². The van der Waals surface area contributed by atoms with Gasteiger partial charge in [-0.15, -0.1) is 0 Å². The van der Waals surface area contributed by atoms with Crippen LogP contribution < -0.4 is 10.1 Å². The van der Waals surface area contributed by atoms with Gasteiger partial charge in [0, 0.05) is 30.1 Å². The van der Waals surface area contributed by atoms with Crippen LogP contribution in [0.4, 0.5) is 5.69 Å². The number of hydrogen-bond donors (Lipinski definition) is 1. The summed E-state index contributed by atoms with van der Waals surface area (Å²) in [6.07, 6.45) is 0.692. The number of amides is 1. The highest BCUT2D eigenvalue weighted by Gasteiger charge is 2.18. The number of nitro groups is 1. The first-order valence-electron chi connectivity index (χ1n) is 6.23. The quantitative estimate of drug-likeness (QED) is 0.435. The molecule has 0 heterocycles. The minimum Gasteiger partial charge on any atom is -0.490 e. The molecule has 0 aromatic heterocycles. The van der Waals surface area contributed by atoms with Crippen LogP contribution in [0.2, 0.25) is 0 Å². The highest BCUT2D eigenvalue weighted by Crippen LogP contribution is 2.27. The molecule has 1 aromatic rings. The molecule has 8 heteroatoms. The lowest BCUT2D eigenvalue weighted by Gasteiger charge is -2.10. The van der Waals surface area contributed by atoms with Gasteiger partial charge in [0.15, 0.2) is 5.75 Å². The summed E-state index contributed by atoms with van der Waals surface area (Å²) >= 11 is 3.41. The van der Waals surface area contributed by atoms with Gasteiger partial charge in [-0.2, -0.15) is 0 Å². The summed E-state index contributed by atoms with van der Waals surface area (Å²) in [4.78, 5) is 22.4. The van der Waals surface area contributed by atoms with Crippen LogP contribution >= 0.6 is 15.9 Å². The molecule has 1 unspecified atom stereocenters. The molecule has 1 rings (SSSR count). The lowest BCUT2D eigenvalue weighted by Crippen LogP contribution is -2.27. The number of carbonyl (C=O) groups excluding carboxylic acids is 1. The van der Waals surface area contributed by atoms with E-state index >= 15 is 0 Å². The van der Waals surface area contributed by atoms with Gasteiger partial charge in [-0.3, -0.25) is 14.9 Å². The second kappa shape index (κ2) is 8.58. The number of ether oxygens (including phenoxy) is 2. The SMILES string of the molecule is COCC(Br)CCNC(=O)c1ccc(OC)c([N+](=O)[O-])c1. The maximum Gasteiger partial charge on any atom is 0.311 e. The van der Waals surface area contributed by atoms with E-state index in [2.05, 4.69) is 21.2 Å².